The number of benzene rings is 3. The van der Waals surface area contributed by atoms with Gasteiger partial charge >= 0.3 is 0 Å². The van der Waals surface area contributed by atoms with Crippen LogP contribution in [0.15, 0.2) is 72.8 Å². The number of rotatable bonds is 7. The Hall–Kier alpha value is -3.31. The molecule has 5 nitrogen and oxygen atoms in total. The highest BCUT2D eigenvalue weighted by Crippen LogP contribution is 2.32. The summed E-state index contributed by atoms with van der Waals surface area (Å²) >= 11 is 6.05. The molecule has 0 fully saturated rings. The number of anilines is 1. The molecule has 3 aromatic rings. The Morgan fingerprint density at radius 2 is 1.68 bits per heavy atom. The molecule has 0 unspecified atom stereocenters. The van der Waals surface area contributed by atoms with Crippen LogP contribution in [0.2, 0.25) is 5.02 Å². The Bertz CT molecular complexity index is 989. The molecular weight excluding hydrogens is 378 g/mol. The van der Waals surface area contributed by atoms with Crippen molar-refractivity contribution in [1.82, 2.24) is 0 Å². The van der Waals surface area contributed by atoms with E-state index in [1.807, 2.05) is 30.3 Å². The number of amides is 1. The number of nitrogens with one attached hydrogen (secondary N) is 1. The quantitative estimate of drug-likeness (QED) is 0.547. The van der Waals surface area contributed by atoms with E-state index < -0.39 is 0 Å². The van der Waals surface area contributed by atoms with E-state index in [-0.39, 0.29) is 18.3 Å². The molecule has 3 rings (SSSR count). The molecule has 28 heavy (non-hydrogen) atoms. The summed E-state index contributed by atoms with van der Waals surface area (Å²) in [5, 5.41) is 3.20. The molecule has 0 aliphatic rings. The smallest absolute Gasteiger partial charge is 0.262 e. The standard InChI is InChI=1S/C22H18ClNO4/c1-15(25)16-6-5-9-19(12-16)27-14-22(26)24-20-13-17(23)10-11-21(20)28-18-7-3-2-4-8-18/h2-13H,14H2,1H3,(H,24,26). The normalized spacial score (nSPS) is 10.2. The Morgan fingerprint density at radius 3 is 2.43 bits per heavy atom. The second-order valence-corrected chi connectivity index (χ2v) is 6.41. The summed E-state index contributed by atoms with van der Waals surface area (Å²) in [4.78, 5) is 23.8. The van der Waals surface area contributed by atoms with E-state index in [0.29, 0.717) is 33.5 Å². The van der Waals surface area contributed by atoms with E-state index in [4.69, 9.17) is 21.1 Å². The van der Waals surface area contributed by atoms with Gasteiger partial charge in [0.2, 0.25) is 0 Å². The molecule has 1 N–H and O–H groups in total. The third-order valence-electron chi connectivity index (χ3n) is 3.80. The van der Waals surface area contributed by atoms with Gasteiger partial charge in [0, 0.05) is 10.6 Å². The maximum absolute atomic E-state index is 12.3. The van der Waals surface area contributed by atoms with E-state index in [2.05, 4.69) is 5.32 Å². The minimum absolute atomic E-state index is 0.0727. The fourth-order valence-electron chi connectivity index (χ4n) is 2.44. The largest absolute Gasteiger partial charge is 0.484 e. The van der Waals surface area contributed by atoms with Crippen molar-refractivity contribution < 1.29 is 19.1 Å². The van der Waals surface area contributed by atoms with E-state index in [0.717, 1.165) is 0 Å². The van der Waals surface area contributed by atoms with Crippen molar-refractivity contribution in [3.63, 3.8) is 0 Å². The Labute approximate surface area is 167 Å². The minimum Gasteiger partial charge on any atom is -0.484 e. The van der Waals surface area contributed by atoms with Crippen molar-refractivity contribution in [2.24, 2.45) is 0 Å². The van der Waals surface area contributed by atoms with Gasteiger partial charge in [0.05, 0.1) is 5.69 Å². The first kappa shape index (κ1) is 19.5. The molecule has 3 aromatic carbocycles. The van der Waals surface area contributed by atoms with Crippen LogP contribution in [-0.2, 0) is 4.79 Å². The topological polar surface area (TPSA) is 64.6 Å². The van der Waals surface area contributed by atoms with Gasteiger partial charge in [-0.05, 0) is 49.4 Å². The molecule has 6 heteroatoms. The SMILES string of the molecule is CC(=O)c1cccc(OCC(=O)Nc2cc(Cl)ccc2Oc2ccccc2)c1. The van der Waals surface area contributed by atoms with Crippen LogP contribution < -0.4 is 14.8 Å². The monoisotopic (exact) mass is 395 g/mol. The number of ether oxygens (including phenoxy) is 2. The number of para-hydroxylation sites is 1. The maximum Gasteiger partial charge on any atom is 0.262 e. The summed E-state index contributed by atoms with van der Waals surface area (Å²) in [7, 11) is 0. The van der Waals surface area contributed by atoms with Crippen molar-refractivity contribution >= 4 is 29.0 Å². The molecule has 0 spiro atoms. The van der Waals surface area contributed by atoms with Gasteiger partial charge in [0.15, 0.2) is 18.1 Å². The van der Waals surface area contributed by atoms with Crippen LogP contribution >= 0.6 is 11.6 Å². The lowest BCUT2D eigenvalue weighted by atomic mass is 10.1. The number of halogens is 1. The van der Waals surface area contributed by atoms with Crippen LogP contribution in [0, 0.1) is 0 Å². The molecule has 0 aliphatic heterocycles. The summed E-state index contributed by atoms with van der Waals surface area (Å²) in [6.07, 6.45) is 0. The van der Waals surface area contributed by atoms with Crippen LogP contribution in [-0.4, -0.2) is 18.3 Å². The highest BCUT2D eigenvalue weighted by Gasteiger charge is 2.11. The summed E-state index contributed by atoms with van der Waals surface area (Å²) in [5.41, 5.74) is 0.953. The first-order valence-corrected chi connectivity index (χ1v) is 8.95. The predicted octanol–water partition coefficient (Wildman–Crippen LogP) is 5.35. The molecule has 1 amide bonds. The van der Waals surface area contributed by atoms with Crippen molar-refractivity contribution in [3.05, 3.63) is 83.4 Å². The summed E-state index contributed by atoms with van der Waals surface area (Å²) in [6.45, 7) is 1.25. The first-order valence-electron chi connectivity index (χ1n) is 8.57. The molecule has 0 saturated heterocycles. The molecule has 142 valence electrons. The van der Waals surface area contributed by atoms with Crippen molar-refractivity contribution in [2.45, 2.75) is 6.92 Å². The molecule has 0 atom stereocenters. The number of ketones is 1. The summed E-state index contributed by atoms with van der Waals surface area (Å²) in [5.74, 6) is 1.08. The van der Waals surface area contributed by atoms with E-state index in [1.165, 1.54) is 6.92 Å². The van der Waals surface area contributed by atoms with Gasteiger partial charge in [-0.2, -0.15) is 0 Å². The van der Waals surface area contributed by atoms with Crippen LogP contribution in [0.4, 0.5) is 5.69 Å². The van der Waals surface area contributed by atoms with Gasteiger partial charge in [-0.15, -0.1) is 0 Å². The van der Waals surface area contributed by atoms with Crippen LogP contribution in [0.1, 0.15) is 17.3 Å². The second kappa shape index (κ2) is 9.06. The molecule has 0 aliphatic carbocycles. The fraction of sp³-hybridized carbons (Fsp3) is 0.0909. The highest BCUT2D eigenvalue weighted by atomic mass is 35.5. The average Bonchev–Trinajstić information content (AvgIpc) is 2.69. The van der Waals surface area contributed by atoms with Crippen molar-refractivity contribution in [3.8, 4) is 17.2 Å². The fourth-order valence-corrected chi connectivity index (χ4v) is 2.62. The molecule has 0 heterocycles. The molecule has 0 saturated carbocycles. The number of hydrogen-bond donors (Lipinski definition) is 1. The van der Waals surface area contributed by atoms with E-state index in [9.17, 15) is 9.59 Å². The molecular formula is C22H18ClNO4. The number of hydrogen-bond acceptors (Lipinski definition) is 4. The zero-order valence-electron chi connectivity index (χ0n) is 15.1. The third-order valence-corrected chi connectivity index (χ3v) is 4.03. The Morgan fingerprint density at radius 1 is 0.929 bits per heavy atom. The lowest BCUT2D eigenvalue weighted by Crippen LogP contribution is -2.20. The third kappa shape index (κ3) is 5.34. The summed E-state index contributed by atoms with van der Waals surface area (Å²) < 4.78 is 11.3. The highest BCUT2D eigenvalue weighted by molar-refractivity contribution is 6.31. The van der Waals surface area contributed by atoms with Crippen molar-refractivity contribution in [2.75, 3.05) is 11.9 Å². The van der Waals surface area contributed by atoms with Crippen LogP contribution in [0.5, 0.6) is 17.2 Å². The number of carbonyl (C=O) groups is 2. The Balaban J connectivity index is 1.67. The van der Waals surface area contributed by atoms with E-state index >= 15 is 0 Å². The lowest BCUT2D eigenvalue weighted by Gasteiger charge is -2.13. The first-order chi connectivity index (χ1) is 13.5. The number of carbonyl (C=O) groups excluding carboxylic acids is 2. The molecule has 0 radical (unpaired) electrons. The maximum atomic E-state index is 12.3. The zero-order chi connectivity index (χ0) is 19.9. The average molecular weight is 396 g/mol. The van der Waals surface area contributed by atoms with Gasteiger partial charge in [-0.3, -0.25) is 9.59 Å². The van der Waals surface area contributed by atoms with E-state index in [1.54, 1.807) is 42.5 Å². The van der Waals surface area contributed by atoms with Crippen LogP contribution in [0.25, 0.3) is 0 Å². The Kier molecular flexibility index (Phi) is 6.29. The second-order valence-electron chi connectivity index (χ2n) is 5.98. The van der Waals surface area contributed by atoms with Gasteiger partial charge in [0.1, 0.15) is 11.5 Å². The van der Waals surface area contributed by atoms with Gasteiger partial charge in [-0.25, -0.2) is 0 Å². The zero-order valence-corrected chi connectivity index (χ0v) is 15.9. The summed E-state index contributed by atoms with van der Waals surface area (Å²) in [6, 6.07) is 20.9. The predicted molar refractivity (Wildman–Crippen MR) is 109 cm³/mol. The molecule has 0 bridgehead atoms. The van der Waals surface area contributed by atoms with Gasteiger partial charge in [-0.1, -0.05) is 41.9 Å². The van der Waals surface area contributed by atoms with Gasteiger partial charge < -0.3 is 14.8 Å². The number of Topliss-reactive ketones (excluding diaryl/α,β-unsaturated/α-hetero) is 1. The van der Waals surface area contributed by atoms with Crippen LogP contribution in [0.3, 0.4) is 0 Å². The minimum atomic E-state index is -0.381. The van der Waals surface area contributed by atoms with Gasteiger partial charge in [0.25, 0.3) is 5.91 Å². The molecule has 0 aromatic heterocycles. The van der Waals surface area contributed by atoms with Crippen molar-refractivity contribution in [1.29, 1.82) is 0 Å². The lowest BCUT2D eigenvalue weighted by molar-refractivity contribution is -0.118.